The summed E-state index contributed by atoms with van der Waals surface area (Å²) in [7, 11) is 0. The molecule has 6 heteroatoms. The van der Waals surface area contributed by atoms with Crippen molar-refractivity contribution in [3.05, 3.63) is 71.7 Å². The van der Waals surface area contributed by atoms with Crippen LogP contribution in [-0.4, -0.2) is 26.1 Å². The summed E-state index contributed by atoms with van der Waals surface area (Å²) in [5.41, 5.74) is 3.45. The molecule has 5 nitrogen and oxygen atoms in total. The fourth-order valence-corrected chi connectivity index (χ4v) is 3.40. The van der Waals surface area contributed by atoms with Gasteiger partial charge in [0, 0.05) is 31.2 Å². The van der Waals surface area contributed by atoms with E-state index in [0.29, 0.717) is 11.7 Å². The first-order valence-corrected chi connectivity index (χ1v) is 9.56. The van der Waals surface area contributed by atoms with Crippen LogP contribution in [0.25, 0.3) is 0 Å². The van der Waals surface area contributed by atoms with E-state index in [1.807, 2.05) is 31.6 Å². The van der Waals surface area contributed by atoms with Gasteiger partial charge in [0.15, 0.2) is 5.11 Å². The Morgan fingerprint density at radius 2 is 1.96 bits per heavy atom. The molecule has 2 aromatic heterocycles. The summed E-state index contributed by atoms with van der Waals surface area (Å²) in [5, 5.41) is 4.10. The molecule has 0 saturated carbocycles. The van der Waals surface area contributed by atoms with E-state index < -0.39 is 0 Å². The zero-order valence-electron chi connectivity index (χ0n) is 16.1. The zero-order valence-corrected chi connectivity index (χ0v) is 16.9. The average Bonchev–Trinajstić information content (AvgIpc) is 3.24. The average molecular weight is 383 g/mol. The number of imidazole rings is 1. The summed E-state index contributed by atoms with van der Waals surface area (Å²) in [6, 6.07) is 10.4. The van der Waals surface area contributed by atoms with Gasteiger partial charge in [0.05, 0.1) is 12.9 Å². The molecular weight excluding hydrogens is 356 g/mol. The molecule has 1 aromatic carbocycles. The number of hydrogen-bond donors (Lipinski definition) is 1. The van der Waals surface area contributed by atoms with Crippen LogP contribution in [0.1, 0.15) is 29.1 Å². The third kappa shape index (κ3) is 5.69. The number of thiocarbonyl (C=S) groups is 1. The molecule has 0 saturated heterocycles. The Hall–Kier alpha value is -2.60. The molecule has 3 rings (SSSR count). The predicted octanol–water partition coefficient (Wildman–Crippen LogP) is 4.69. The van der Waals surface area contributed by atoms with E-state index in [1.54, 1.807) is 6.20 Å². The second kappa shape index (κ2) is 8.86. The molecule has 1 N–H and O–H groups in total. The standard InChI is InChI=1S/C21H26N4OS/c1-16-11-17(2)13-19(12-16)23-21(27)25(14-20-6-5-18(3)26-20)9-4-8-24-10-7-22-15-24/h5-7,10-13,15H,4,8-9,14H2,1-3H3,(H,23,27). The molecule has 3 aromatic rings. The van der Waals surface area contributed by atoms with E-state index in [0.717, 1.165) is 36.7 Å². The number of benzene rings is 1. The number of nitrogens with one attached hydrogen (secondary N) is 1. The zero-order chi connectivity index (χ0) is 19.2. The number of rotatable bonds is 7. The lowest BCUT2D eigenvalue weighted by molar-refractivity contribution is 0.348. The summed E-state index contributed by atoms with van der Waals surface area (Å²) in [5.74, 6) is 1.83. The second-order valence-electron chi connectivity index (χ2n) is 6.89. The Kier molecular flexibility index (Phi) is 6.29. The van der Waals surface area contributed by atoms with Gasteiger partial charge in [-0.15, -0.1) is 0 Å². The molecule has 0 atom stereocenters. The van der Waals surface area contributed by atoms with E-state index in [1.165, 1.54) is 11.1 Å². The molecule has 0 amide bonds. The molecule has 0 aliphatic heterocycles. The molecule has 27 heavy (non-hydrogen) atoms. The predicted molar refractivity (Wildman–Crippen MR) is 113 cm³/mol. The maximum atomic E-state index is 5.76. The molecule has 0 aliphatic carbocycles. The van der Waals surface area contributed by atoms with Gasteiger partial charge in [-0.25, -0.2) is 4.98 Å². The Morgan fingerprint density at radius 1 is 1.19 bits per heavy atom. The SMILES string of the molecule is Cc1cc(C)cc(NC(=S)N(CCCn2ccnc2)Cc2ccc(C)o2)c1. The van der Waals surface area contributed by atoms with Crippen LogP contribution in [0.15, 0.2) is 53.5 Å². The molecule has 0 bridgehead atoms. The van der Waals surface area contributed by atoms with Crippen molar-refractivity contribution in [3.63, 3.8) is 0 Å². The minimum absolute atomic E-state index is 0.647. The smallest absolute Gasteiger partial charge is 0.173 e. The minimum atomic E-state index is 0.647. The van der Waals surface area contributed by atoms with Gasteiger partial charge in [-0.3, -0.25) is 0 Å². The molecule has 0 unspecified atom stereocenters. The maximum Gasteiger partial charge on any atom is 0.173 e. The number of anilines is 1. The van der Waals surface area contributed by atoms with Crippen LogP contribution in [0.3, 0.4) is 0 Å². The largest absolute Gasteiger partial charge is 0.464 e. The van der Waals surface area contributed by atoms with Crippen molar-refractivity contribution < 1.29 is 4.42 Å². The molecule has 142 valence electrons. The maximum absolute atomic E-state index is 5.76. The number of furan rings is 1. The van der Waals surface area contributed by atoms with Gasteiger partial charge in [-0.05, 0) is 74.8 Å². The van der Waals surface area contributed by atoms with E-state index in [4.69, 9.17) is 16.6 Å². The van der Waals surface area contributed by atoms with Gasteiger partial charge in [0.1, 0.15) is 11.5 Å². The van der Waals surface area contributed by atoms with Crippen molar-refractivity contribution in [1.82, 2.24) is 14.5 Å². The summed E-state index contributed by atoms with van der Waals surface area (Å²) >= 11 is 5.72. The highest BCUT2D eigenvalue weighted by Gasteiger charge is 2.13. The molecule has 0 radical (unpaired) electrons. The van der Waals surface area contributed by atoms with Gasteiger partial charge >= 0.3 is 0 Å². The third-order valence-electron chi connectivity index (χ3n) is 4.31. The number of hydrogen-bond acceptors (Lipinski definition) is 3. The van der Waals surface area contributed by atoms with Gasteiger partial charge in [0.25, 0.3) is 0 Å². The van der Waals surface area contributed by atoms with Crippen molar-refractivity contribution in [3.8, 4) is 0 Å². The fourth-order valence-electron chi connectivity index (χ4n) is 3.12. The van der Waals surface area contributed by atoms with E-state index in [-0.39, 0.29) is 0 Å². The van der Waals surface area contributed by atoms with E-state index in [9.17, 15) is 0 Å². The highest BCUT2D eigenvalue weighted by atomic mass is 32.1. The molecule has 2 heterocycles. The molecule has 0 spiro atoms. The first-order valence-electron chi connectivity index (χ1n) is 9.15. The van der Waals surface area contributed by atoms with Gasteiger partial charge in [-0.1, -0.05) is 6.07 Å². The first-order chi connectivity index (χ1) is 13.0. The molecular formula is C21H26N4OS. The van der Waals surface area contributed by atoms with Crippen molar-refractivity contribution in [2.24, 2.45) is 0 Å². The molecule has 0 fully saturated rings. The van der Waals surface area contributed by atoms with E-state index >= 15 is 0 Å². The highest BCUT2D eigenvalue weighted by molar-refractivity contribution is 7.80. The van der Waals surface area contributed by atoms with Gasteiger partial charge < -0.3 is 19.2 Å². The van der Waals surface area contributed by atoms with Crippen molar-refractivity contribution in [2.45, 2.75) is 40.3 Å². The highest BCUT2D eigenvalue weighted by Crippen LogP contribution is 2.16. The van der Waals surface area contributed by atoms with Crippen molar-refractivity contribution in [2.75, 3.05) is 11.9 Å². The monoisotopic (exact) mass is 382 g/mol. The van der Waals surface area contributed by atoms with Crippen molar-refractivity contribution in [1.29, 1.82) is 0 Å². The van der Waals surface area contributed by atoms with Gasteiger partial charge in [-0.2, -0.15) is 0 Å². The van der Waals surface area contributed by atoms with Crippen LogP contribution in [-0.2, 0) is 13.1 Å². The number of nitrogens with zero attached hydrogens (tertiary/aromatic N) is 3. The van der Waals surface area contributed by atoms with Crippen LogP contribution < -0.4 is 5.32 Å². The number of aromatic nitrogens is 2. The Balaban J connectivity index is 1.67. The summed E-state index contributed by atoms with van der Waals surface area (Å²) < 4.78 is 7.84. The summed E-state index contributed by atoms with van der Waals surface area (Å²) in [4.78, 5) is 6.25. The molecule has 0 aliphatic rings. The second-order valence-corrected chi connectivity index (χ2v) is 7.28. The topological polar surface area (TPSA) is 46.2 Å². The fraction of sp³-hybridized carbons (Fsp3) is 0.333. The minimum Gasteiger partial charge on any atom is -0.464 e. The van der Waals surface area contributed by atoms with Crippen molar-refractivity contribution >= 4 is 23.0 Å². The lowest BCUT2D eigenvalue weighted by atomic mass is 10.1. The quantitative estimate of drug-likeness (QED) is 0.601. The van der Waals surface area contributed by atoms with Crippen LogP contribution in [0, 0.1) is 20.8 Å². The normalized spacial score (nSPS) is 10.8. The number of aryl methyl sites for hydroxylation is 4. The Bertz CT molecular complexity index is 865. The third-order valence-corrected chi connectivity index (χ3v) is 4.67. The summed E-state index contributed by atoms with van der Waals surface area (Å²) in [6.07, 6.45) is 6.58. The first kappa shape index (κ1) is 19.2. The van der Waals surface area contributed by atoms with Gasteiger partial charge in [0.2, 0.25) is 0 Å². The summed E-state index contributed by atoms with van der Waals surface area (Å²) in [6.45, 7) is 8.52. The Morgan fingerprint density at radius 3 is 2.59 bits per heavy atom. The van der Waals surface area contributed by atoms with Crippen LogP contribution in [0.2, 0.25) is 0 Å². The van der Waals surface area contributed by atoms with Crippen LogP contribution >= 0.6 is 12.2 Å². The lowest BCUT2D eigenvalue weighted by Crippen LogP contribution is -2.35. The Labute approximate surface area is 166 Å². The van der Waals surface area contributed by atoms with Crippen LogP contribution in [0.5, 0.6) is 0 Å². The van der Waals surface area contributed by atoms with Crippen LogP contribution in [0.4, 0.5) is 5.69 Å². The lowest BCUT2D eigenvalue weighted by Gasteiger charge is -2.25. The van der Waals surface area contributed by atoms with E-state index in [2.05, 4.69) is 51.8 Å².